The van der Waals surface area contributed by atoms with E-state index in [1.165, 1.54) is 38.5 Å². The Balaban J connectivity index is 1.84. The van der Waals surface area contributed by atoms with Crippen LogP contribution in [0.5, 0.6) is 0 Å². The number of nitrogens with zero attached hydrogens (tertiary/aromatic N) is 1. The molecule has 2 rings (SSSR count). The van der Waals surface area contributed by atoms with E-state index in [2.05, 4.69) is 4.90 Å². The highest BCUT2D eigenvalue weighted by Crippen LogP contribution is 2.35. The topological polar surface area (TPSA) is 60.8 Å². The first-order valence-electron chi connectivity index (χ1n) is 6.80. The highest BCUT2D eigenvalue weighted by molar-refractivity contribution is 5.67. The summed E-state index contributed by atoms with van der Waals surface area (Å²) in [5.41, 5.74) is 0. The lowest BCUT2D eigenvalue weighted by Crippen LogP contribution is -2.40. The molecule has 0 radical (unpaired) electrons. The molecular weight excluding hydrogens is 218 g/mol. The summed E-state index contributed by atoms with van der Waals surface area (Å²) in [6, 6.07) is 0.598. The van der Waals surface area contributed by atoms with E-state index >= 15 is 0 Å². The largest absolute Gasteiger partial charge is 0.481 e. The molecule has 98 valence electrons. The summed E-state index contributed by atoms with van der Waals surface area (Å²) in [7, 11) is 0. The van der Waals surface area contributed by atoms with E-state index in [0.29, 0.717) is 12.6 Å². The van der Waals surface area contributed by atoms with Crippen LogP contribution in [-0.2, 0) is 4.79 Å². The molecule has 1 aliphatic carbocycles. The van der Waals surface area contributed by atoms with Crippen LogP contribution in [0.4, 0.5) is 0 Å². The second-order valence-electron chi connectivity index (χ2n) is 5.50. The van der Waals surface area contributed by atoms with E-state index in [4.69, 9.17) is 5.11 Å². The molecule has 17 heavy (non-hydrogen) atoms. The number of carbonyl (C=O) groups is 1. The van der Waals surface area contributed by atoms with E-state index in [1.54, 1.807) is 0 Å². The molecule has 1 aliphatic heterocycles. The van der Waals surface area contributed by atoms with E-state index < -0.39 is 12.1 Å². The predicted molar refractivity (Wildman–Crippen MR) is 64.8 cm³/mol. The highest BCUT2D eigenvalue weighted by atomic mass is 16.4. The summed E-state index contributed by atoms with van der Waals surface area (Å²) in [5.74, 6) is -0.122. The third kappa shape index (κ3) is 3.42. The third-order valence-electron chi connectivity index (χ3n) is 4.21. The molecule has 2 fully saturated rings. The molecule has 2 atom stereocenters. The van der Waals surface area contributed by atoms with Crippen LogP contribution in [0.3, 0.4) is 0 Å². The van der Waals surface area contributed by atoms with Crippen molar-refractivity contribution in [3.63, 3.8) is 0 Å². The van der Waals surface area contributed by atoms with Crippen molar-refractivity contribution in [3.05, 3.63) is 0 Å². The molecule has 2 aliphatic rings. The molecule has 4 nitrogen and oxygen atoms in total. The second-order valence-corrected chi connectivity index (χ2v) is 5.50. The molecule has 0 bridgehead atoms. The zero-order valence-electron chi connectivity index (χ0n) is 10.3. The fourth-order valence-electron chi connectivity index (χ4n) is 3.49. The van der Waals surface area contributed by atoms with Gasteiger partial charge < -0.3 is 10.2 Å². The third-order valence-corrected chi connectivity index (χ3v) is 4.21. The average molecular weight is 241 g/mol. The number of likely N-dealkylation sites (tertiary alicyclic amines) is 1. The zero-order valence-corrected chi connectivity index (χ0v) is 10.3. The van der Waals surface area contributed by atoms with Crippen LogP contribution in [0.2, 0.25) is 0 Å². The molecule has 1 saturated heterocycles. The summed E-state index contributed by atoms with van der Waals surface area (Å²) in [4.78, 5) is 12.9. The van der Waals surface area contributed by atoms with Gasteiger partial charge in [0.05, 0.1) is 12.5 Å². The van der Waals surface area contributed by atoms with Crippen molar-refractivity contribution in [2.24, 2.45) is 5.92 Å². The molecule has 1 heterocycles. The van der Waals surface area contributed by atoms with E-state index in [1.807, 2.05) is 0 Å². The predicted octanol–water partition coefficient (Wildman–Crippen LogP) is 1.48. The second kappa shape index (κ2) is 5.83. The van der Waals surface area contributed by atoms with Gasteiger partial charge in [-0.15, -0.1) is 0 Å². The van der Waals surface area contributed by atoms with E-state index in [-0.39, 0.29) is 6.42 Å². The molecule has 0 amide bonds. The van der Waals surface area contributed by atoms with E-state index in [9.17, 15) is 9.90 Å². The maximum atomic E-state index is 10.5. The number of aliphatic hydroxyl groups excluding tert-OH is 1. The minimum atomic E-state index is -0.908. The lowest BCUT2D eigenvalue weighted by atomic mass is 9.96. The van der Waals surface area contributed by atoms with Crippen molar-refractivity contribution in [2.75, 3.05) is 13.1 Å². The van der Waals surface area contributed by atoms with Gasteiger partial charge in [-0.3, -0.25) is 9.69 Å². The monoisotopic (exact) mass is 241 g/mol. The van der Waals surface area contributed by atoms with Crippen LogP contribution in [0.15, 0.2) is 0 Å². The first-order chi connectivity index (χ1) is 8.16. The van der Waals surface area contributed by atoms with Crippen molar-refractivity contribution < 1.29 is 15.0 Å². The quantitative estimate of drug-likeness (QED) is 0.765. The molecule has 2 unspecified atom stereocenters. The minimum absolute atomic E-state index is 0.131. The van der Waals surface area contributed by atoms with Crippen LogP contribution >= 0.6 is 0 Å². The summed E-state index contributed by atoms with van der Waals surface area (Å²) in [6.07, 6.45) is 6.89. The van der Waals surface area contributed by atoms with Gasteiger partial charge in [0.1, 0.15) is 0 Å². The number of rotatable bonds is 5. The van der Waals surface area contributed by atoms with Crippen LogP contribution in [0.1, 0.15) is 44.9 Å². The normalized spacial score (nSPS) is 28.6. The maximum Gasteiger partial charge on any atom is 0.306 e. The molecule has 0 aromatic rings. The van der Waals surface area contributed by atoms with Gasteiger partial charge in [0.15, 0.2) is 0 Å². The summed E-state index contributed by atoms with van der Waals surface area (Å²) in [6.45, 7) is 1.56. The summed E-state index contributed by atoms with van der Waals surface area (Å²) >= 11 is 0. The Bertz CT molecular complexity index is 263. The molecule has 1 saturated carbocycles. The molecular formula is C13H23NO3. The van der Waals surface area contributed by atoms with E-state index in [0.717, 1.165) is 12.5 Å². The number of β-amino-alcohol motifs (C(OH)–C–C–N with tert-alkyl or cyclic N) is 1. The number of carboxylic acids is 1. The smallest absolute Gasteiger partial charge is 0.306 e. The number of carboxylic acid groups (broad SMARTS) is 1. The first kappa shape index (κ1) is 12.8. The van der Waals surface area contributed by atoms with Gasteiger partial charge >= 0.3 is 5.97 Å². The first-order valence-corrected chi connectivity index (χ1v) is 6.80. The number of hydrogen-bond acceptors (Lipinski definition) is 3. The van der Waals surface area contributed by atoms with Crippen LogP contribution < -0.4 is 0 Å². The average Bonchev–Trinajstić information content (AvgIpc) is 2.84. The fourth-order valence-corrected chi connectivity index (χ4v) is 3.49. The van der Waals surface area contributed by atoms with Gasteiger partial charge in [0, 0.05) is 12.6 Å². The van der Waals surface area contributed by atoms with Gasteiger partial charge in [-0.05, 0) is 38.1 Å². The van der Waals surface area contributed by atoms with Crippen molar-refractivity contribution in [1.82, 2.24) is 4.90 Å². The number of aliphatic hydroxyl groups is 1. The molecule has 4 heteroatoms. The lowest BCUT2D eigenvalue weighted by molar-refractivity contribution is -0.139. The molecule has 0 spiro atoms. The standard InChI is InChI=1S/C13H23NO3/c15-11(8-13(16)17)9-14-7-3-6-12(14)10-4-1-2-5-10/h10-12,15H,1-9H2,(H,16,17). The summed E-state index contributed by atoms with van der Waals surface area (Å²) in [5, 5.41) is 18.4. The van der Waals surface area contributed by atoms with Gasteiger partial charge in [0.25, 0.3) is 0 Å². The van der Waals surface area contributed by atoms with Crippen LogP contribution in [0, 0.1) is 5.92 Å². The van der Waals surface area contributed by atoms with Crippen LogP contribution in [0.25, 0.3) is 0 Å². The zero-order chi connectivity index (χ0) is 12.3. The van der Waals surface area contributed by atoms with Gasteiger partial charge in [0.2, 0.25) is 0 Å². The number of hydrogen-bond donors (Lipinski definition) is 2. The van der Waals surface area contributed by atoms with Crippen molar-refractivity contribution in [3.8, 4) is 0 Å². The van der Waals surface area contributed by atoms with Crippen molar-refractivity contribution in [1.29, 1.82) is 0 Å². The fraction of sp³-hybridized carbons (Fsp3) is 0.923. The Labute approximate surface area is 103 Å². The van der Waals surface area contributed by atoms with Gasteiger partial charge in [-0.25, -0.2) is 0 Å². The summed E-state index contributed by atoms with van der Waals surface area (Å²) < 4.78 is 0. The van der Waals surface area contributed by atoms with Gasteiger partial charge in [-0.1, -0.05) is 12.8 Å². The highest BCUT2D eigenvalue weighted by Gasteiger charge is 2.34. The number of aliphatic carboxylic acids is 1. The van der Waals surface area contributed by atoms with Crippen molar-refractivity contribution in [2.45, 2.75) is 57.1 Å². The van der Waals surface area contributed by atoms with Gasteiger partial charge in [-0.2, -0.15) is 0 Å². The molecule has 0 aromatic carbocycles. The Kier molecular flexibility index (Phi) is 4.40. The molecule has 2 N–H and O–H groups in total. The SMILES string of the molecule is O=C(O)CC(O)CN1CCCC1C1CCCC1. The lowest BCUT2D eigenvalue weighted by Gasteiger charge is -2.30. The Morgan fingerprint density at radius 2 is 1.94 bits per heavy atom. The Hall–Kier alpha value is -0.610. The van der Waals surface area contributed by atoms with Crippen molar-refractivity contribution >= 4 is 5.97 Å². The Morgan fingerprint density at radius 3 is 2.59 bits per heavy atom. The molecule has 0 aromatic heterocycles. The van der Waals surface area contributed by atoms with Crippen LogP contribution in [-0.4, -0.2) is 46.3 Å². The minimum Gasteiger partial charge on any atom is -0.481 e. The Morgan fingerprint density at radius 1 is 1.24 bits per heavy atom. The maximum absolute atomic E-state index is 10.5.